The Kier molecular flexibility index (Phi) is 4.45. The number of anilines is 2. The Balaban J connectivity index is 2.56. The highest BCUT2D eigenvalue weighted by Gasteiger charge is 2.18. The van der Waals surface area contributed by atoms with E-state index >= 15 is 0 Å². The molecule has 0 amide bonds. The van der Waals surface area contributed by atoms with Crippen molar-refractivity contribution in [1.29, 1.82) is 5.41 Å². The van der Waals surface area contributed by atoms with Crippen molar-refractivity contribution in [3.05, 3.63) is 18.3 Å². The van der Waals surface area contributed by atoms with E-state index in [1.807, 2.05) is 6.92 Å². The van der Waals surface area contributed by atoms with Crippen LogP contribution in [0.3, 0.4) is 0 Å². The van der Waals surface area contributed by atoms with Gasteiger partial charge in [0.05, 0.1) is 11.9 Å². The van der Waals surface area contributed by atoms with Gasteiger partial charge in [0.1, 0.15) is 11.5 Å². The van der Waals surface area contributed by atoms with E-state index in [2.05, 4.69) is 10.3 Å². The lowest BCUT2D eigenvalue weighted by molar-refractivity contribution is -0.129. The Hall–Kier alpha value is -2.11. The highest BCUT2D eigenvalue weighted by Crippen LogP contribution is 2.09. The van der Waals surface area contributed by atoms with Gasteiger partial charge in [-0.05, 0) is 18.6 Å². The van der Waals surface area contributed by atoms with Gasteiger partial charge in [-0.25, -0.2) is 9.78 Å². The third-order valence-electron chi connectivity index (χ3n) is 2.45. The molecular weight excluding hydrogens is 220 g/mol. The maximum absolute atomic E-state index is 10.7. The molecule has 92 valence electrons. The smallest absolute Gasteiger partial charge is 0.349 e. The predicted molar refractivity (Wildman–Crippen MR) is 66.3 cm³/mol. The maximum Gasteiger partial charge on any atom is 0.349 e. The van der Waals surface area contributed by atoms with Gasteiger partial charge in [0.2, 0.25) is 0 Å². The number of carboxylic acid groups (broad SMARTS) is 1. The molecule has 0 aliphatic heterocycles. The lowest BCUT2D eigenvalue weighted by atomic mass is 10.0. The average Bonchev–Trinajstić information content (AvgIpc) is 2.31. The molecule has 1 aromatic rings. The van der Waals surface area contributed by atoms with E-state index in [1.165, 1.54) is 6.20 Å². The third kappa shape index (κ3) is 3.75. The first-order valence-corrected chi connectivity index (χ1v) is 5.31. The molecule has 0 aromatic carbocycles. The molecular formula is C11H16N4O2. The molecule has 0 aliphatic rings. The first-order valence-electron chi connectivity index (χ1n) is 5.31. The van der Waals surface area contributed by atoms with Crippen LogP contribution in [0, 0.1) is 11.3 Å². The van der Waals surface area contributed by atoms with E-state index in [1.54, 1.807) is 12.1 Å². The number of hydrogen-bond acceptors (Lipinski definition) is 5. The summed E-state index contributed by atoms with van der Waals surface area (Å²) in [4.78, 5) is 14.7. The van der Waals surface area contributed by atoms with Crippen molar-refractivity contribution >= 4 is 23.2 Å². The topological polar surface area (TPSA) is 112 Å². The number of aliphatic carboxylic acids is 1. The number of nitrogens with two attached hydrogens (primary N) is 1. The summed E-state index contributed by atoms with van der Waals surface area (Å²) in [7, 11) is 0. The maximum atomic E-state index is 10.7. The largest absolute Gasteiger partial charge is 0.477 e. The first kappa shape index (κ1) is 13.0. The minimum Gasteiger partial charge on any atom is -0.477 e. The van der Waals surface area contributed by atoms with Gasteiger partial charge in [0.25, 0.3) is 0 Å². The predicted octanol–water partition coefficient (Wildman–Crippen LogP) is 1.21. The molecule has 1 rings (SSSR count). The van der Waals surface area contributed by atoms with Crippen LogP contribution in [0.15, 0.2) is 18.3 Å². The van der Waals surface area contributed by atoms with Gasteiger partial charge in [-0.2, -0.15) is 0 Å². The number of carboxylic acids is 1. The highest BCUT2D eigenvalue weighted by atomic mass is 16.4. The lowest BCUT2D eigenvalue weighted by Crippen LogP contribution is -2.28. The van der Waals surface area contributed by atoms with Gasteiger partial charge in [-0.15, -0.1) is 0 Å². The summed E-state index contributed by atoms with van der Waals surface area (Å²) in [5.74, 6) is -0.883. The van der Waals surface area contributed by atoms with E-state index in [-0.39, 0.29) is 11.6 Å². The van der Waals surface area contributed by atoms with Crippen LogP contribution in [0.5, 0.6) is 0 Å². The molecule has 6 nitrogen and oxygen atoms in total. The summed E-state index contributed by atoms with van der Waals surface area (Å²) < 4.78 is 0. The molecule has 0 bridgehead atoms. The minimum atomic E-state index is -1.18. The van der Waals surface area contributed by atoms with Gasteiger partial charge in [0, 0.05) is 12.5 Å². The van der Waals surface area contributed by atoms with Gasteiger partial charge >= 0.3 is 5.97 Å². The fourth-order valence-corrected chi connectivity index (χ4v) is 1.36. The minimum absolute atomic E-state index is 0.282. The second-order valence-corrected chi connectivity index (χ2v) is 3.68. The Bertz CT molecular complexity index is 402. The number of nitrogens with zero attached hydrogens (tertiary/aromatic N) is 1. The van der Waals surface area contributed by atoms with Crippen molar-refractivity contribution in [3.63, 3.8) is 0 Å². The van der Waals surface area contributed by atoms with E-state index in [0.29, 0.717) is 24.5 Å². The normalized spacial score (nSPS) is 11.8. The molecule has 6 heteroatoms. The molecule has 1 heterocycles. The van der Waals surface area contributed by atoms with Crippen molar-refractivity contribution in [3.8, 4) is 0 Å². The summed E-state index contributed by atoms with van der Waals surface area (Å²) in [6.07, 6.45) is 2.11. The molecule has 5 N–H and O–H groups in total. The van der Waals surface area contributed by atoms with Crippen molar-refractivity contribution < 1.29 is 9.90 Å². The number of carbonyl (C=O) groups is 1. The van der Waals surface area contributed by atoms with Crippen molar-refractivity contribution in [2.45, 2.75) is 13.3 Å². The lowest BCUT2D eigenvalue weighted by Gasteiger charge is -2.14. The zero-order valence-corrected chi connectivity index (χ0v) is 9.60. The standard InChI is InChI=1S/C11H16N4O2/c1-2-7(10(13)11(16)17)5-14-9-4-3-8(12)6-15-9/h3-4,6-7,13H,2,5,12H2,1H3,(H,14,15)(H,16,17). The van der Waals surface area contributed by atoms with E-state index in [4.69, 9.17) is 16.2 Å². The Morgan fingerprint density at radius 1 is 1.65 bits per heavy atom. The number of nitrogen functional groups attached to an aromatic ring is 1. The van der Waals surface area contributed by atoms with Gasteiger partial charge in [-0.3, -0.25) is 5.41 Å². The fourth-order valence-electron chi connectivity index (χ4n) is 1.36. The fraction of sp³-hybridized carbons (Fsp3) is 0.364. The average molecular weight is 236 g/mol. The second-order valence-electron chi connectivity index (χ2n) is 3.68. The Morgan fingerprint density at radius 3 is 2.82 bits per heavy atom. The van der Waals surface area contributed by atoms with Crippen LogP contribution in [0.2, 0.25) is 0 Å². The third-order valence-corrected chi connectivity index (χ3v) is 2.45. The molecule has 0 spiro atoms. The monoisotopic (exact) mass is 236 g/mol. The van der Waals surface area contributed by atoms with Crippen LogP contribution >= 0.6 is 0 Å². The first-order chi connectivity index (χ1) is 8.04. The van der Waals surface area contributed by atoms with Gasteiger partial charge in [0.15, 0.2) is 0 Å². The van der Waals surface area contributed by atoms with Gasteiger partial charge < -0.3 is 16.2 Å². The number of rotatable bonds is 6. The van der Waals surface area contributed by atoms with Crippen molar-refractivity contribution in [2.24, 2.45) is 5.92 Å². The summed E-state index contributed by atoms with van der Waals surface area (Å²) in [6, 6.07) is 3.42. The van der Waals surface area contributed by atoms with Crippen LogP contribution in [0.1, 0.15) is 13.3 Å². The van der Waals surface area contributed by atoms with Crippen LogP contribution < -0.4 is 11.1 Å². The highest BCUT2D eigenvalue weighted by molar-refractivity contribution is 6.35. The summed E-state index contributed by atoms with van der Waals surface area (Å²) >= 11 is 0. The van der Waals surface area contributed by atoms with Crippen molar-refractivity contribution in [1.82, 2.24) is 4.98 Å². The number of pyridine rings is 1. The molecule has 1 unspecified atom stereocenters. The molecule has 0 saturated carbocycles. The molecule has 1 aromatic heterocycles. The second kappa shape index (κ2) is 5.83. The zero-order chi connectivity index (χ0) is 12.8. The van der Waals surface area contributed by atoms with E-state index < -0.39 is 5.97 Å². The van der Waals surface area contributed by atoms with Crippen LogP contribution in [-0.4, -0.2) is 28.3 Å². The Morgan fingerprint density at radius 2 is 2.35 bits per heavy atom. The summed E-state index contributed by atoms with van der Waals surface area (Å²) in [5.41, 5.74) is 5.78. The zero-order valence-electron chi connectivity index (χ0n) is 9.60. The number of hydrogen-bond donors (Lipinski definition) is 4. The molecule has 1 atom stereocenters. The molecule has 0 saturated heterocycles. The van der Waals surface area contributed by atoms with Crippen LogP contribution in [0.4, 0.5) is 11.5 Å². The SMILES string of the molecule is CCC(CNc1ccc(N)cn1)C(=N)C(=O)O. The molecule has 0 radical (unpaired) electrons. The molecule has 0 fully saturated rings. The van der Waals surface area contributed by atoms with Crippen molar-refractivity contribution in [2.75, 3.05) is 17.6 Å². The van der Waals surface area contributed by atoms with E-state index in [9.17, 15) is 4.79 Å². The van der Waals surface area contributed by atoms with Crippen LogP contribution in [-0.2, 0) is 4.79 Å². The van der Waals surface area contributed by atoms with Gasteiger partial charge in [-0.1, -0.05) is 6.92 Å². The summed E-state index contributed by atoms with van der Waals surface area (Å²) in [5, 5.41) is 19.1. The molecule has 0 aliphatic carbocycles. The van der Waals surface area contributed by atoms with Crippen LogP contribution in [0.25, 0.3) is 0 Å². The Labute approximate surface area is 99.4 Å². The number of nitrogens with one attached hydrogen (secondary N) is 2. The number of aromatic nitrogens is 1. The molecule has 17 heavy (non-hydrogen) atoms. The quantitative estimate of drug-likeness (QED) is 0.554. The summed E-state index contributed by atoms with van der Waals surface area (Å²) in [6.45, 7) is 2.22. The van der Waals surface area contributed by atoms with E-state index in [0.717, 1.165) is 0 Å².